The number of amides is 1. The van der Waals surface area contributed by atoms with Gasteiger partial charge in [0.15, 0.2) is 0 Å². The first kappa shape index (κ1) is 14.3. The van der Waals surface area contributed by atoms with Gasteiger partial charge in [0.05, 0.1) is 25.3 Å². The van der Waals surface area contributed by atoms with Crippen LogP contribution in [0.1, 0.15) is 13.8 Å². The van der Waals surface area contributed by atoms with Crippen molar-refractivity contribution in [2.24, 2.45) is 5.73 Å². The van der Waals surface area contributed by atoms with Gasteiger partial charge in [-0.1, -0.05) is 0 Å². The third kappa shape index (κ3) is 5.11. The summed E-state index contributed by atoms with van der Waals surface area (Å²) in [6.07, 6.45) is 0. The molecule has 0 heterocycles. The molecule has 0 aliphatic carbocycles. The first-order valence-corrected chi connectivity index (χ1v) is 5.08. The molecule has 5 heteroatoms. The third-order valence-electron chi connectivity index (χ3n) is 2.15. The summed E-state index contributed by atoms with van der Waals surface area (Å²) in [4.78, 5) is 13.4. The van der Waals surface area contributed by atoms with Gasteiger partial charge in [-0.3, -0.25) is 4.79 Å². The number of carbonyl (C=O) groups is 1. The smallest absolute Gasteiger partial charge is 0.239 e. The Hall–Kier alpha value is -0.650. The largest absolute Gasteiger partial charge is 0.383 e. The lowest BCUT2D eigenvalue weighted by molar-refractivity contribution is -0.136. The molecule has 1 amide bonds. The number of hydrogen-bond donors (Lipinski definition) is 1. The predicted octanol–water partition coefficient (Wildman–Crippen LogP) is -0.156. The van der Waals surface area contributed by atoms with Crippen LogP contribution in [0.5, 0.6) is 0 Å². The van der Waals surface area contributed by atoms with E-state index in [1.54, 1.807) is 26.0 Å². The van der Waals surface area contributed by atoms with Gasteiger partial charge in [-0.05, 0) is 13.8 Å². The Balaban J connectivity index is 4.35. The van der Waals surface area contributed by atoms with Gasteiger partial charge in [0, 0.05) is 20.8 Å². The Kier molecular flexibility index (Phi) is 7.29. The number of hydrogen-bond acceptors (Lipinski definition) is 4. The van der Waals surface area contributed by atoms with Crippen LogP contribution in [0, 0.1) is 0 Å². The lowest BCUT2D eigenvalue weighted by Gasteiger charge is -2.30. The summed E-state index contributed by atoms with van der Waals surface area (Å²) in [5.41, 5.74) is 5.57. The zero-order valence-corrected chi connectivity index (χ0v) is 10.0. The summed E-state index contributed by atoms with van der Waals surface area (Å²) >= 11 is 0. The van der Waals surface area contributed by atoms with Crippen molar-refractivity contribution < 1.29 is 14.3 Å². The predicted molar refractivity (Wildman–Crippen MR) is 58.6 cm³/mol. The lowest BCUT2D eigenvalue weighted by atomic mass is 10.2. The first-order valence-electron chi connectivity index (χ1n) is 5.08. The second kappa shape index (κ2) is 7.62. The molecular formula is C10H22N2O3. The number of ether oxygens (including phenoxy) is 2. The maximum absolute atomic E-state index is 11.8. The number of nitrogens with zero attached hydrogens (tertiary/aromatic N) is 1. The fraction of sp³-hybridized carbons (Fsp3) is 0.900. The summed E-state index contributed by atoms with van der Waals surface area (Å²) in [6, 6.07) is -0.468. The molecule has 0 rings (SSSR count). The molecule has 0 fully saturated rings. The van der Waals surface area contributed by atoms with Crippen molar-refractivity contribution in [1.82, 2.24) is 4.90 Å². The van der Waals surface area contributed by atoms with E-state index in [2.05, 4.69) is 0 Å². The van der Waals surface area contributed by atoms with E-state index in [0.29, 0.717) is 19.8 Å². The number of carbonyl (C=O) groups excluding carboxylic acids is 1. The minimum Gasteiger partial charge on any atom is -0.383 e. The highest BCUT2D eigenvalue weighted by Crippen LogP contribution is 2.02. The number of nitrogens with two attached hydrogens (primary N) is 1. The Morgan fingerprint density at radius 3 is 2.33 bits per heavy atom. The Labute approximate surface area is 91.5 Å². The lowest BCUT2D eigenvalue weighted by Crippen LogP contribution is -2.49. The van der Waals surface area contributed by atoms with Crippen LogP contribution in [0.15, 0.2) is 0 Å². The normalized spacial score (nSPS) is 14.7. The molecule has 0 aliphatic rings. The van der Waals surface area contributed by atoms with Crippen LogP contribution in [0.3, 0.4) is 0 Å². The maximum Gasteiger partial charge on any atom is 0.239 e. The van der Waals surface area contributed by atoms with E-state index in [-0.39, 0.29) is 11.9 Å². The molecule has 5 nitrogen and oxygen atoms in total. The van der Waals surface area contributed by atoms with E-state index in [0.717, 1.165) is 0 Å². The second-order valence-corrected chi connectivity index (χ2v) is 3.62. The number of methoxy groups -OCH3 is 2. The van der Waals surface area contributed by atoms with Crippen molar-refractivity contribution >= 4 is 5.91 Å². The van der Waals surface area contributed by atoms with Crippen LogP contribution in [0.2, 0.25) is 0 Å². The van der Waals surface area contributed by atoms with E-state index in [4.69, 9.17) is 15.2 Å². The minimum atomic E-state index is -0.485. The van der Waals surface area contributed by atoms with Crippen molar-refractivity contribution in [1.29, 1.82) is 0 Å². The van der Waals surface area contributed by atoms with E-state index >= 15 is 0 Å². The molecule has 0 saturated heterocycles. The van der Waals surface area contributed by atoms with Crippen LogP contribution in [-0.4, -0.2) is 56.9 Å². The molecule has 90 valence electrons. The summed E-state index contributed by atoms with van der Waals surface area (Å²) < 4.78 is 9.97. The molecule has 0 aromatic carbocycles. The van der Waals surface area contributed by atoms with Crippen LogP contribution >= 0.6 is 0 Å². The minimum absolute atomic E-state index is 0.0173. The molecular weight excluding hydrogens is 196 g/mol. The fourth-order valence-corrected chi connectivity index (χ4v) is 1.33. The second-order valence-electron chi connectivity index (χ2n) is 3.62. The summed E-state index contributed by atoms with van der Waals surface area (Å²) in [5.74, 6) is -0.0726. The molecule has 0 spiro atoms. The summed E-state index contributed by atoms with van der Waals surface area (Å²) in [6.45, 7) is 5.16. The van der Waals surface area contributed by atoms with Crippen LogP contribution < -0.4 is 5.73 Å². The van der Waals surface area contributed by atoms with E-state index < -0.39 is 6.04 Å². The quantitative estimate of drug-likeness (QED) is 0.645. The van der Waals surface area contributed by atoms with Crippen molar-refractivity contribution in [3.8, 4) is 0 Å². The van der Waals surface area contributed by atoms with E-state index in [1.165, 1.54) is 0 Å². The Morgan fingerprint density at radius 2 is 1.93 bits per heavy atom. The average Bonchev–Trinajstić information content (AvgIpc) is 2.18. The van der Waals surface area contributed by atoms with Crippen molar-refractivity contribution in [2.75, 3.05) is 34.0 Å². The molecule has 2 N–H and O–H groups in total. The van der Waals surface area contributed by atoms with Gasteiger partial charge >= 0.3 is 0 Å². The number of rotatable bonds is 7. The average molecular weight is 218 g/mol. The van der Waals surface area contributed by atoms with Crippen molar-refractivity contribution in [2.45, 2.75) is 25.9 Å². The molecule has 0 saturated carbocycles. The summed E-state index contributed by atoms with van der Waals surface area (Å²) in [5, 5.41) is 0. The van der Waals surface area contributed by atoms with Crippen molar-refractivity contribution in [3.05, 3.63) is 0 Å². The van der Waals surface area contributed by atoms with Gasteiger partial charge in [-0.25, -0.2) is 0 Å². The van der Waals surface area contributed by atoms with Gasteiger partial charge in [0.25, 0.3) is 0 Å². The zero-order valence-electron chi connectivity index (χ0n) is 10.0. The summed E-state index contributed by atoms with van der Waals surface area (Å²) in [7, 11) is 3.22. The van der Waals surface area contributed by atoms with Gasteiger partial charge in [0.2, 0.25) is 5.91 Å². The topological polar surface area (TPSA) is 64.8 Å². The van der Waals surface area contributed by atoms with Gasteiger partial charge in [-0.15, -0.1) is 0 Å². The van der Waals surface area contributed by atoms with Gasteiger partial charge < -0.3 is 20.1 Å². The SMILES string of the molecule is COCCN(C(=O)[C@H](C)N)C(C)COC. The molecule has 2 atom stereocenters. The first-order chi connectivity index (χ1) is 7.04. The standard InChI is InChI=1S/C10H22N2O3/c1-8(7-15-4)12(5-6-14-3)10(13)9(2)11/h8-9H,5-7,11H2,1-4H3/t8?,9-/m0/s1. The zero-order chi connectivity index (χ0) is 11.8. The molecule has 15 heavy (non-hydrogen) atoms. The monoisotopic (exact) mass is 218 g/mol. The fourth-order valence-electron chi connectivity index (χ4n) is 1.33. The molecule has 0 radical (unpaired) electrons. The Morgan fingerprint density at radius 1 is 1.33 bits per heavy atom. The van der Waals surface area contributed by atoms with Crippen LogP contribution in [0.4, 0.5) is 0 Å². The highest BCUT2D eigenvalue weighted by molar-refractivity contribution is 5.81. The van der Waals surface area contributed by atoms with Crippen molar-refractivity contribution in [3.63, 3.8) is 0 Å². The van der Waals surface area contributed by atoms with E-state index in [1.807, 2.05) is 6.92 Å². The Bertz CT molecular complexity index is 186. The molecule has 0 aliphatic heterocycles. The van der Waals surface area contributed by atoms with E-state index in [9.17, 15) is 4.79 Å². The highest BCUT2D eigenvalue weighted by atomic mass is 16.5. The van der Waals surface area contributed by atoms with Crippen LogP contribution in [0.25, 0.3) is 0 Å². The maximum atomic E-state index is 11.8. The molecule has 0 aromatic rings. The van der Waals surface area contributed by atoms with Gasteiger partial charge in [0.1, 0.15) is 0 Å². The molecule has 0 aromatic heterocycles. The third-order valence-corrected chi connectivity index (χ3v) is 2.15. The van der Waals surface area contributed by atoms with Gasteiger partial charge in [-0.2, -0.15) is 0 Å². The molecule has 1 unspecified atom stereocenters. The highest BCUT2D eigenvalue weighted by Gasteiger charge is 2.22. The molecule has 0 bridgehead atoms. The van der Waals surface area contributed by atoms with Crippen LogP contribution in [-0.2, 0) is 14.3 Å².